The average Bonchev–Trinajstić information content (AvgIpc) is 2.46. The van der Waals surface area contributed by atoms with Gasteiger partial charge < -0.3 is 15.1 Å². The molecule has 1 aliphatic heterocycles. The molecule has 3 rings (SSSR count). The molecule has 6 nitrogen and oxygen atoms in total. The van der Waals surface area contributed by atoms with E-state index in [-0.39, 0.29) is 23.7 Å². The van der Waals surface area contributed by atoms with E-state index in [1.54, 1.807) is 0 Å². The van der Waals surface area contributed by atoms with Crippen LogP contribution in [0, 0.1) is 5.82 Å². The van der Waals surface area contributed by atoms with Gasteiger partial charge in [-0.25, -0.2) is 19.2 Å². The van der Waals surface area contributed by atoms with Crippen LogP contribution in [-0.2, 0) is 13.0 Å². The van der Waals surface area contributed by atoms with Gasteiger partial charge in [0.25, 0.3) is 0 Å². The van der Waals surface area contributed by atoms with Gasteiger partial charge in [0.05, 0.1) is 17.8 Å². The first-order chi connectivity index (χ1) is 10.0. The lowest BCUT2D eigenvalue weighted by Gasteiger charge is -2.25. The summed E-state index contributed by atoms with van der Waals surface area (Å²) in [6, 6.07) is 3.79. The van der Waals surface area contributed by atoms with Crippen LogP contribution >= 0.6 is 0 Å². The predicted molar refractivity (Wildman–Crippen MR) is 71.2 cm³/mol. The third-order valence-electron chi connectivity index (χ3n) is 3.40. The van der Waals surface area contributed by atoms with Crippen LogP contribution < -0.4 is 0 Å². The molecule has 0 fully saturated rings. The molecule has 0 spiro atoms. The van der Waals surface area contributed by atoms with Crippen LogP contribution in [0.5, 0.6) is 5.75 Å². The summed E-state index contributed by atoms with van der Waals surface area (Å²) in [7, 11) is 0. The summed E-state index contributed by atoms with van der Waals surface area (Å²) in [6.07, 6.45) is 1.02. The second kappa shape index (κ2) is 5.01. The van der Waals surface area contributed by atoms with Crippen molar-refractivity contribution in [2.45, 2.75) is 13.0 Å². The van der Waals surface area contributed by atoms with Crippen molar-refractivity contribution in [3.05, 3.63) is 41.5 Å². The highest BCUT2D eigenvalue weighted by atomic mass is 19.1. The number of fused-ring (bicyclic) bond motifs is 1. The normalized spacial score (nSPS) is 13.9. The lowest BCUT2D eigenvalue weighted by molar-refractivity contribution is 0.139. The molecular formula is C14H12FN3O3. The SMILES string of the molecule is O=C(O)N1CCc2nc(-c3ccc(O)cc3F)ncc2C1. The van der Waals surface area contributed by atoms with E-state index in [1.165, 1.54) is 23.2 Å². The van der Waals surface area contributed by atoms with Crippen LogP contribution in [0.4, 0.5) is 9.18 Å². The highest BCUT2D eigenvalue weighted by Gasteiger charge is 2.22. The van der Waals surface area contributed by atoms with E-state index >= 15 is 0 Å². The summed E-state index contributed by atoms with van der Waals surface area (Å²) >= 11 is 0. The molecule has 108 valence electrons. The minimum atomic E-state index is -0.977. The van der Waals surface area contributed by atoms with Gasteiger partial charge in [0.1, 0.15) is 11.6 Å². The number of hydrogen-bond acceptors (Lipinski definition) is 4. The number of aromatic nitrogens is 2. The van der Waals surface area contributed by atoms with Crippen molar-refractivity contribution in [1.82, 2.24) is 14.9 Å². The van der Waals surface area contributed by atoms with Crippen molar-refractivity contribution in [2.24, 2.45) is 0 Å². The largest absolute Gasteiger partial charge is 0.508 e. The second-order valence-corrected chi connectivity index (χ2v) is 4.78. The predicted octanol–water partition coefficient (Wildman–Crippen LogP) is 2.02. The average molecular weight is 289 g/mol. The maximum Gasteiger partial charge on any atom is 0.407 e. The van der Waals surface area contributed by atoms with Gasteiger partial charge in [-0.05, 0) is 12.1 Å². The highest BCUT2D eigenvalue weighted by Crippen LogP contribution is 2.25. The third-order valence-corrected chi connectivity index (χ3v) is 3.40. The molecule has 0 bridgehead atoms. The number of halogens is 1. The molecule has 0 aliphatic carbocycles. The summed E-state index contributed by atoms with van der Waals surface area (Å²) in [5.41, 5.74) is 1.66. The number of amides is 1. The number of nitrogens with zero attached hydrogens (tertiary/aromatic N) is 3. The number of hydrogen-bond donors (Lipinski definition) is 2. The molecule has 1 amide bonds. The Labute approximate surface area is 119 Å². The Hall–Kier alpha value is -2.70. The summed E-state index contributed by atoms with van der Waals surface area (Å²) in [4.78, 5) is 20.6. The maximum absolute atomic E-state index is 13.8. The number of benzene rings is 1. The second-order valence-electron chi connectivity index (χ2n) is 4.78. The van der Waals surface area contributed by atoms with Crippen molar-refractivity contribution in [2.75, 3.05) is 6.54 Å². The van der Waals surface area contributed by atoms with Gasteiger partial charge in [-0.15, -0.1) is 0 Å². The van der Waals surface area contributed by atoms with Crippen LogP contribution in [0.15, 0.2) is 24.4 Å². The van der Waals surface area contributed by atoms with Gasteiger partial charge in [-0.3, -0.25) is 0 Å². The van der Waals surface area contributed by atoms with E-state index in [4.69, 9.17) is 5.11 Å². The van der Waals surface area contributed by atoms with E-state index in [0.717, 1.165) is 17.3 Å². The Balaban J connectivity index is 1.95. The van der Waals surface area contributed by atoms with Gasteiger partial charge in [0, 0.05) is 30.8 Å². The molecule has 21 heavy (non-hydrogen) atoms. The Bertz CT molecular complexity index is 721. The Morgan fingerprint density at radius 3 is 2.90 bits per heavy atom. The zero-order chi connectivity index (χ0) is 15.0. The maximum atomic E-state index is 13.8. The van der Waals surface area contributed by atoms with Crippen molar-refractivity contribution < 1.29 is 19.4 Å². The number of rotatable bonds is 1. The van der Waals surface area contributed by atoms with Gasteiger partial charge >= 0.3 is 6.09 Å². The summed E-state index contributed by atoms with van der Waals surface area (Å²) in [5.74, 6) is -0.528. The van der Waals surface area contributed by atoms with Gasteiger partial charge in [-0.2, -0.15) is 0 Å². The first-order valence-corrected chi connectivity index (χ1v) is 6.36. The zero-order valence-corrected chi connectivity index (χ0v) is 11.0. The number of carbonyl (C=O) groups is 1. The minimum Gasteiger partial charge on any atom is -0.508 e. The fraction of sp³-hybridized carbons (Fsp3) is 0.214. The summed E-state index contributed by atoms with van der Waals surface area (Å²) in [6.45, 7) is 0.597. The first-order valence-electron chi connectivity index (χ1n) is 6.36. The monoisotopic (exact) mass is 289 g/mol. The molecule has 2 heterocycles. The molecule has 0 unspecified atom stereocenters. The lowest BCUT2D eigenvalue weighted by atomic mass is 10.1. The van der Waals surface area contributed by atoms with Gasteiger partial charge in [0.2, 0.25) is 0 Å². The zero-order valence-electron chi connectivity index (χ0n) is 11.0. The van der Waals surface area contributed by atoms with Crippen molar-refractivity contribution >= 4 is 6.09 Å². The third kappa shape index (κ3) is 2.49. The number of aromatic hydroxyl groups is 1. The van der Waals surface area contributed by atoms with E-state index < -0.39 is 11.9 Å². The molecule has 1 aliphatic rings. The van der Waals surface area contributed by atoms with E-state index in [2.05, 4.69) is 9.97 Å². The van der Waals surface area contributed by atoms with E-state index in [0.29, 0.717) is 13.0 Å². The molecule has 0 saturated carbocycles. The number of phenolic OH excluding ortho intramolecular Hbond substituents is 1. The van der Waals surface area contributed by atoms with Gasteiger partial charge in [-0.1, -0.05) is 0 Å². The lowest BCUT2D eigenvalue weighted by Crippen LogP contribution is -2.35. The molecule has 2 aromatic rings. The fourth-order valence-corrected chi connectivity index (χ4v) is 2.29. The number of carboxylic acid groups (broad SMARTS) is 1. The summed E-state index contributed by atoms with van der Waals surface area (Å²) in [5, 5.41) is 18.2. The van der Waals surface area contributed by atoms with Crippen LogP contribution in [0.3, 0.4) is 0 Å². The van der Waals surface area contributed by atoms with E-state index in [9.17, 15) is 14.3 Å². The minimum absolute atomic E-state index is 0.161. The Kier molecular flexibility index (Phi) is 3.17. The topological polar surface area (TPSA) is 86.5 Å². The quantitative estimate of drug-likeness (QED) is 0.838. The molecule has 7 heteroatoms. The molecule has 1 aromatic carbocycles. The summed E-state index contributed by atoms with van der Waals surface area (Å²) < 4.78 is 13.8. The van der Waals surface area contributed by atoms with Crippen LogP contribution in [0.2, 0.25) is 0 Å². The van der Waals surface area contributed by atoms with Crippen LogP contribution in [-0.4, -0.2) is 37.7 Å². The Morgan fingerprint density at radius 1 is 1.38 bits per heavy atom. The van der Waals surface area contributed by atoms with Gasteiger partial charge in [0.15, 0.2) is 5.82 Å². The fourth-order valence-electron chi connectivity index (χ4n) is 2.29. The van der Waals surface area contributed by atoms with E-state index in [1.807, 2.05) is 0 Å². The first kappa shape index (κ1) is 13.3. The molecule has 0 atom stereocenters. The molecule has 0 radical (unpaired) electrons. The van der Waals surface area contributed by atoms with Crippen LogP contribution in [0.1, 0.15) is 11.3 Å². The standard InChI is InChI=1S/C14H12FN3O3/c15-11-5-9(19)1-2-10(11)13-16-6-8-7-18(14(20)21)4-3-12(8)17-13/h1-2,5-6,19H,3-4,7H2,(H,20,21). The van der Waals surface area contributed by atoms with Crippen molar-refractivity contribution in [3.8, 4) is 17.1 Å². The molecule has 2 N–H and O–H groups in total. The molecule has 1 aromatic heterocycles. The molecule has 0 saturated heterocycles. The Morgan fingerprint density at radius 2 is 2.19 bits per heavy atom. The van der Waals surface area contributed by atoms with Crippen LogP contribution in [0.25, 0.3) is 11.4 Å². The number of phenols is 1. The smallest absolute Gasteiger partial charge is 0.407 e. The highest BCUT2D eigenvalue weighted by molar-refractivity contribution is 5.65. The molecular weight excluding hydrogens is 277 g/mol. The van der Waals surface area contributed by atoms with Crippen molar-refractivity contribution in [3.63, 3.8) is 0 Å². The van der Waals surface area contributed by atoms with Crippen molar-refractivity contribution in [1.29, 1.82) is 0 Å².